The normalized spacial score (nSPS) is 21.6. The minimum absolute atomic E-state index is 0.171. The molecule has 0 aromatic carbocycles. The lowest BCUT2D eigenvalue weighted by molar-refractivity contribution is 0.0777. The molecule has 4 nitrogen and oxygen atoms in total. The Labute approximate surface area is 80.7 Å². The van der Waals surface area contributed by atoms with Gasteiger partial charge in [0.25, 0.3) is 5.91 Å². The lowest BCUT2D eigenvalue weighted by atomic mass is 10.3. The van der Waals surface area contributed by atoms with Crippen LogP contribution in [0.25, 0.3) is 0 Å². The van der Waals surface area contributed by atoms with Gasteiger partial charge in [-0.15, -0.1) is 0 Å². The van der Waals surface area contributed by atoms with Gasteiger partial charge < -0.3 is 9.32 Å². The number of halogens is 1. The first-order valence-corrected chi connectivity index (χ1v) is 4.52. The summed E-state index contributed by atoms with van der Waals surface area (Å²) in [6.45, 7) is 2.30. The number of nitrogens with zero attached hydrogens (tertiary/aromatic N) is 2. The van der Waals surface area contributed by atoms with Crippen molar-refractivity contribution in [3.63, 3.8) is 0 Å². The fourth-order valence-corrected chi connectivity index (χ4v) is 1.53. The van der Waals surface area contributed by atoms with Gasteiger partial charge in [-0.1, -0.05) is 0 Å². The number of likely N-dealkylation sites (tertiary alicyclic amines) is 1. The minimum atomic E-state index is -0.896. The summed E-state index contributed by atoms with van der Waals surface area (Å²) >= 11 is 0. The quantitative estimate of drug-likeness (QED) is 0.680. The second kappa shape index (κ2) is 3.40. The molecule has 5 heteroatoms. The van der Waals surface area contributed by atoms with Crippen LogP contribution in [0.1, 0.15) is 22.8 Å². The average molecular weight is 198 g/mol. The van der Waals surface area contributed by atoms with Crippen molar-refractivity contribution in [2.75, 3.05) is 13.1 Å². The number of rotatable bonds is 1. The first-order chi connectivity index (χ1) is 6.66. The van der Waals surface area contributed by atoms with Crippen LogP contribution in [0.2, 0.25) is 0 Å². The van der Waals surface area contributed by atoms with Gasteiger partial charge in [0.1, 0.15) is 12.4 Å². The lowest BCUT2D eigenvalue weighted by Crippen LogP contribution is -2.29. The highest BCUT2D eigenvalue weighted by atomic mass is 19.1. The molecule has 1 amide bonds. The zero-order chi connectivity index (χ0) is 10.1. The van der Waals surface area contributed by atoms with Crippen LogP contribution in [-0.2, 0) is 0 Å². The summed E-state index contributed by atoms with van der Waals surface area (Å²) in [5.41, 5.74) is 0.261. The number of alkyl halides is 1. The number of carbonyl (C=O) groups is 1. The maximum absolute atomic E-state index is 12.8. The van der Waals surface area contributed by atoms with Gasteiger partial charge in [0.05, 0.1) is 6.54 Å². The standard InChI is InChI=1S/C9H11FN2O2/c1-6-11-8(5-14-6)9(13)12-3-2-7(10)4-12/h5,7H,2-4H2,1H3. The molecule has 0 N–H and O–H groups in total. The summed E-state index contributed by atoms with van der Waals surface area (Å²) in [4.78, 5) is 17.0. The largest absolute Gasteiger partial charge is 0.448 e. The van der Waals surface area contributed by atoms with E-state index in [1.54, 1.807) is 6.92 Å². The van der Waals surface area contributed by atoms with Crippen LogP contribution in [0.3, 0.4) is 0 Å². The molecule has 1 aromatic rings. The molecular formula is C9H11FN2O2. The van der Waals surface area contributed by atoms with Crippen molar-refractivity contribution in [3.05, 3.63) is 17.8 Å². The van der Waals surface area contributed by atoms with Crippen molar-refractivity contribution >= 4 is 5.91 Å². The molecule has 0 aliphatic carbocycles. The summed E-state index contributed by atoms with van der Waals surface area (Å²) in [6.07, 6.45) is 0.832. The number of amides is 1. The molecule has 14 heavy (non-hydrogen) atoms. The highest BCUT2D eigenvalue weighted by Gasteiger charge is 2.27. The van der Waals surface area contributed by atoms with Crippen LogP contribution in [-0.4, -0.2) is 35.1 Å². The van der Waals surface area contributed by atoms with Crippen molar-refractivity contribution in [1.29, 1.82) is 0 Å². The third-order valence-corrected chi connectivity index (χ3v) is 2.26. The van der Waals surface area contributed by atoms with E-state index < -0.39 is 6.17 Å². The predicted octanol–water partition coefficient (Wildman–Crippen LogP) is 1.17. The van der Waals surface area contributed by atoms with Crippen LogP contribution in [0.5, 0.6) is 0 Å². The third kappa shape index (κ3) is 1.62. The van der Waals surface area contributed by atoms with Crippen molar-refractivity contribution < 1.29 is 13.6 Å². The number of hydrogen-bond donors (Lipinski definition) is 0. The molecule has 1 atom stereocenters. The molecule has 1 aromatic heterocycles. The van der Waals surface area contributed by atoms with Crippen LogP contribution in [0.15, 0.2) is 10.7 Å². The Bertz CT molecular complexity index is 350. The second-order valence-corrected chi connectivity index (χ2v) is 3.39. The number of hydrogen-bond acceptors (Lipinski definition) is 3. The Morgan fingerprint density at radius 2 is 2.57 bits per heavy atom. The van der Waals surface area contributed by atoms with Crippen LogP contribution in [0, 0.1) is 6.92 Å². The molecule has 0 radical (unpaired) electrons. The topological polar surface area (TPSA) is 46.3 Å². The SMILES string of the molecule is Cc1nc(C(=O)N2CCC(F)C2)co1. The summed E-state index contributed by atoms with van der Waals surface area (Å²) in [6, 6.07) is 0. The molecule has 1 saturated heterocycles. The Balaban J connectivity index is 2.09. The summed E-state index contributed by atoms with van der Waals surface area (Å²) in [5, 5.41) is 0. The van der Waals surface area contributed by atoms with E-state index >= 15 is 0 Å². The van der Waals surface area contributed by atoms with E-state index in [2.05, 4.69) is 4.98 Å². The number of carbonyl (C=O) groups excluding carboxylic acids is 1. The molecule has 2 rings (SSSR count). The molecule has 76 valence electrons. The number of aryl methyl sites for hydroxylation is 1. The fourth-order valence-electron chi connectivity index (χ4n) is 1.53. The fraction of sp³-hybridized carbons (Fsp3) is 0.556. The van der Waals surface area contributed by atoms with Gasteiger partial charge in [-0.3, -0.25) is 4.79 Å². The van der Waals surface area contributed by atoms with Crippen LogP contribution in [0.4, 0.5) is 4.39 Å². The Morgan fingerprint density at radius 3 is 3.07 bits per heavy atom. The van der Waals surface area contributed by atoms with Gasteiger partial charge in [-0.25, -0.2) is 9.37 Å². The van der Waals surface area contributed by atoms with Gasteiger partial charge in [0.2, 0.25) is 0 Å². The van der Waals surface area contributed by atoms with E-state index in [4.69, 9.17) is 4.42 Å². The van der Waals surface area contributed by atoms with Crippen molar-refractivity contribution in [2.24, 2.45) is 0 Å². The molecule has 0 spiro atoms. The van der Waals surface area contributed by atoms with E-state index in [9.17, 15) is 9.18 Å². The molecule has 2 heterocycles. The zero-order valence-electron chi connectivity index (χ0n) is 7.86. The van der Waals surface area contributed by atoms with Crippen molar-refractivity contribution in [1.82, 2.24) is 9.88 Å². The Kier molecular flexibility index (Phi) is 2.23. The zero-order valence-corrected chi connectivity index (χ0v) is 7.86. The van der Waals surface area contributed by atoms with E-state index in [-0.39, 0.29) is 18.1 Å². The van der Waals surface area contributed by atoms with E-state index in [1.807, 2.05) is 0 Å². The minimum Gasteiger partial charge on any atom is -0.448 e. The summed E-state index contributed by atoms with van der Waals surface area (Å²) in [7, 11) is 0. The van der Waals surface area contributed by atoms with Gasteiger partial charge in [0.15, 0.2) is 11.6 Å². The van der Waals surface area contributed by atoms with E-state index in [1.165, 1.54) is 11.2 Å². The molecule has 0 bridgehead atoms. The van der Waals surface area contributed by atoms with Crippen LogP contribution < -0.4 is 0 Å². The first-order valence-electron chi connectivity index (χ1n) is 4.52. The van der Waals surface area contributed by atoms with Gasteiger partial charge in [-0.2, -0.15) is 0 Å². The second-order valence-electron chi connectivity index (χ2n) is 3.39. The molecular weight excluding hydrogens is 187 g/mol. The summed E-state index contributed by atoms with van der Waals surface area (Å²) in [5.74, 6) is 0.200. The highest BCUT2D eigenvalue weighted by Crippen LogP contribution is 2.15. The Hall–Kier alpha value is -1.39. The molecule has 0 saturated carbocycles. The Morgan fingerprint density at radius 1 is 1.79 bits per heavy atom. The average Bonchev–Trinajstić information content (AvgIpc) is 2.73. The molecule has 1 fully saturated rings. The number of aromatic nitrogens is 1. The lowest BCUT2D eigenvalue weighted by Gasteiger charge is -2.12. The number of oxazole rings is 1. The van der Waals surface area contributed by atoms with Gasteiger partial charge >= 0.3 is 0 Å². The van der Waals surface area contributed by atoms with Gasteiger partial charge in [-0.05, 0) is 6.42 Å². The van der Waals surface area contributed by atoms with Crippen molar-refractivity contribution in [3.8, 4) is 0 Å². The monoisotopic (exact) mass is 198 g/mol. The van der Waals surface area contributed by atoms with Crippen molar-refractivity contribution in [2.45, 2.75) is 19.5 Å². The highest BCUT2D eigenvalue weighted by molar-refractivity contribution is 5.92. The van der Waals surface area contributed by atoms with E-state index in [0.29, 0.717) is 18.9 Å². The first kappa shape index (κ1) is 9.18. The molecule has 1 unspecified atom stereocenters. The summed E-state index contributed by atoms with van der Waals surface area (Å²) < 4.78 is 17.7. The maximum atomic E-state index is 12.8. The van der Waals surface area contributed by atoms with Crippen LogP contribution >= 0.6 is 0 Å². The predicted molar refractivity (Wildman–Crippen MR) is 46.7 cm³/mol. The smallest absolute Gasteiger partial charge is 0.275 e. The van der Waals surface area contributed by atoms with Gasteiger partial charge in [0, 0.05) is 13.5 Å². The molecule has 1 aliphatic rings. The molecule has 1 aliphatic heterocycles. The maximum Gasteiger partial charge on any atom is 0.275 e. The van der Waals surface area contributed by atoms with E-state index in [0.717, 1.165) is 0 Å². The third-order valence-electron chi connectivity index (χ3n) is 2.26.